The van der Waals surface area contributed by atoms with Gasteiger partial charge in [0.05, 0.1) is 11.6 Å². The number of ether oxygens (including phenoxy) is 1. The van der Waals surface area contributed by atoms with Crippen molar-refractivity contribution in [3.63, 3.8) is 0 Å². The van der Waals surface area contributed by atoms with Crippen LogP contribution in [0.4, 0.5) is 10.1 Å². The normalized spacial score (nSPS) is 12.5. The molecule has 0 aliphatic heterocycles. The fourth-order valence-electron chi connectivity index (χ4n) is 5.10. The molecule has 0 amide bonds. The van der Waals surface area contributed by atoms with Crippen LogP contribution in [-0.2, 0) is 13.1 Å². The van der Waals surface area contributed by atoms with Crippen LogP contribution in [-0.4, -0.2) is 24.0 Å². The Labute approximate surface area is 238 Å². The van der Waals surface area contributed by atoms with Crippen molar-refractivity contribution in [2.45, 2.75) is 52.2 Å². The van der Waals surface area contributed by atoms with Gasteiger partial charge < -0.3 is 9.64 Å². The SMILES string of the molecule is CCCC(C)(CN(Cc1ccc(F)c(C)c1)c1ccc(Oc2ccccc2)cc1)N(C)Cc1ccc(C#N)cc1. The molecule has 0 aliphatic carbocycles. The first-order valence-corrected chi connectivity index (χ1v) is 13.8. The predicted molar refractivity (Wildman–Crippen MR) is 161 cm³/mol. The van der Waals surface area contributed by atoms with Crippen LogP contribution in [0.2, 0.25) is 0 Å². The highest BCUT2D eigenvalue weighted by Gasteiger charge is 2.31. The molecule has 0 spiro atoms. The highest BCUT2D eigenvalue weighted by molar-refractivity contribution is 5.51. The molecule has 0 N–H and O–H groups in total. The molecule has 0 aliphatic rings. The number of likely N-dealkylation sites (N-methyl/N-ethyl adjacent to an activating group) is 1. The van der Waals surface area contributed by atoms with Crippen molar-refractivity contribution in [3.8, 4) is 17.6 Å². The average Bonchev–Trinajstić information content (AvgIpc) is 2.96. The fraction of sp³-hybridized carbons (Fsp3) is 0.286. The Hall–Kier alpha value is -4.14. The van der Waals surface area contributed by atoms with E-state index in [1.165, 1.54) is 5.56 Å². The highest BCUT2D eigenvalue weighted by atomic mass is 19.1. The van der Waals surface area contributed by atoms with Gasteiger partial charge in [0, 0.05) is 30.9 Å². The summed E-state index contributed by atoms with van der Waals surface area (Å²) in [5.41, 5.74) is 4.50. The maximum absolute atomic E-state index is 14.1. The van der Waals surface area contributed by atoms with Gasteiger partial charge in [0.1, 0.15) is 17.3 Å². The summed E-state index contributed by atoms with van der Waals surface area (Å²) in [6.07, 6.45) is 2.05. The van der Waals surface area contributed by atoms with Crippen LogP contribution in [0, 0.1) is 24.1 Å². The first kappa shape index (κ1) is 28.9. The number of para-hydroxylation sites is 1. The minimum atomic E-state index is -0.185. The van der Waals surface area contributed by atoms with E-state index in [0.29, 0.717) is 17.7 Å². The molecule has 40 heavy (non-hydrogen) atoms. The van der Waals surface area contributed by atoms with Crippen molar-refractivity contribution in [1.82, 2.24) is 4.90 Å². The smallest absolute Gasteiger partial charge is 0.127 e. The Kier molecular flexibility index (Phi) is 9.58. The van der Waals surface area contributed by atoms with Crippen LogP contribution < -0.4 is 9.64 Å². The number of nitrogens with zero attached hydrogens (tertiary/aromatic N) is 3. The van der Waals surface area contributed by atoms with Crippen LogP contribution in [0.1, 0.15) is 48.9 Å². The van der Waals surface area contributed by atoms with Gasteiger partial charge in [-0.1, -0.05) is 55.8 Å². The quantitative estimate of drug-likeness (QED) is 0.182. The first-order valence-electron chi connectivity index (χ1n) is 13.8. The molecule has 0 saturated carbocycles. The Morgan fingerprint density at radius 3 is 2.12 bits per heavy atom. The number of benzene rings is 4. The minimum Gasteiger partial charge on any atom is -0.457 e. The van der Waals surface area contributed by atoms with Crippen LogP contribution in [0.25, 0.3) is 0 Å². The van der Waals surface area contributed by atoms with Gasteiger partial charge in [-0.3, -0.25) is 4.90 Å². The third kappa shape index (κ3) is 7.49. The number of anilines is 1. The summed E-state index contributed by atoms with van der Waals surface area (Å²) in [5.74, 6) is 1.39. The Bertz CT molecular complexity index is 1410. The molecule has 0 radical (unpaired) electrons. The van der Waals surface area contributed by atoms with Crippen molar-refractivity contribution in [2.24, 2.45) is 0 Å². The molecule has 0 fully saturated rings. The second-order valence-corrected chi connectivity index (χ2v) is 10.8. The standard InChI is InChI=1S/C35H38FN3O/c1-5-21-35(3,38(4)24-29-13-11-28(23-37)12-14-29)26-39(25-30-15-20-34(36)27(2)22-30)31-16-18-33(19-17-31)40-32-9-7-6-8-10-32/h6-20,22H,5,21,24-26H2,1-4H3. The maximum Gasteiger partial charge on any atom is 0.127 e. The van der Waals surface area contributed by atoms with Gasteiger partial charge in [-0.05, 0) is 98.6 Å². The van der Waals surface area contributed by atoms with Gasteiger partial charge in [-0.2, -0.15) is 5.26 Å². The van der Waals surface area contributed by atoms with E-state index in [4.69, 9.17) is 10.00 Å². The van der Waals surface area contributed by atoms with Crippen molar-refractivity contribution in [3.05, 3.63) is 125 Å². The molecule has 0 heterocycles. The Morgan fingerprint density at radius 1 is 0.850 bits per heavy atom. The second kappa shape index (κ2) is 13.3. The molecule has 0 aromatic heterocycles. The minimum absolute atomic E-state index is 0.142. The van der Waals surface area contributed by atoms with Gasteiger partial charge >= 0.3 is 0 Å². The summed E-state index contributed by atoms with van der Waals surface area (Å²) in [6.45, 7) is 8.56. The van der Waals surface area contributed by atoms with Gasteiger partial charge in [0.25, 0.3) is 0 Å². The molecule has 0 saturated heterocycles. The van der Waals surface area contributed by atoms with Gasteiger partial charge in [-0.15, -0.1) is 0 Å². The lowest BCUT2D eigenvalue weighted by molar-refractivity contribution is 0.122. The van der Waals surface area contributed by atoms with Crippen molar-refractivity contribution < 1.29 is 9.13 Å². The molecule has 4 aromatic carbocycles. The van der Waals surface area contributed by atoms with Gasteiger partial charge in [0.15, 0.2) is 0 Å². The predicted octanol–water partition coefficient (Wildman–Crippen LogP) is 8.50. The number of hydrogen-bond donors (Lipinski definition) is 0. The summed E-state index contributed by atoms with van der Waals surface area (Å²) in [6, 6.07) is 33.4. The number of aryl methyl sites for hydroxylation is 1. The summed E-state index contributed by atoms with van der Waals surface area (Å²) >= 11 is 0. The lowest BCUT2D eigenvalue weighted by Crippen LogP contribution is -2.51. The van der Waals surface area contributed by atoms with E-state index in [9.17, 15) is 4.39 Å². The Morgan fingerprint density at radius 2 is 1.50 bits per heavy atom. The van der Waals surface area contributed by atoms with Crippen molar-refractivity contribution >= 4 is 5.69 Å². The third-order valence-corrected chi connectivity index (χ3v) is 7.52. The first-order chi connectivity index (χ1) is 19.3. The molecule has 0 bridgehead atoms. The molecule has 1 atom stereocenters. The van der Waals surface area contributed by atoms with E-state index < -0.39 is 0 Å². The van der Waals surface area contributed by atoms with E-state index in [-0.39, 0.29) is 11.4 Å². The summed E-state index contributed by atoms with van der Waals surface area (Å²) in [7, 11) is 2.17. The van der Waals surface area contributed by atoms with E-state index in [0.717, 1.165) is 48.7 Å². The van der Waals surface area contributed by atoms with Crippen LogP contribution >= 0.6 is 0 Å². The number of hydrogen-bond acceptors (Lipinski definition) is 4. The number of halogens is 1. The molecule has 4 nitrogen and oxygen atoms in total. The van der Waals surface area contributed by atoms with Crippen molar-refractivity contribution in [2.75, 3.05) is 18.5 Å². The summed E-state index contributed by atoms with van der Waals surface area (Å²) in [4.78, 5) is 4.79. The van der Waals surface area contributed by atoms with E-state index in [1.807, 2.05) is 85.8 Å². The third-order valence-electron chi connectivity index (χ3n) is 7.52. The zero-order chi connectivity index (χ0) is 28.5. The maximum atomic E-state index is 14.1. The van der Waals surface area contributed by atoms with Crippen LogP contribution in [0.15, 0.2) is 97.1 Å². The topological polar surface area (TPSA) is 39.5 Å². The van der Waals surface area contributed by atoms with Crippen molar-refractivity contribution in [1.29, 1.82) is 5.26 Å². The lowest BCUT2D eigenvalue weighted by Gasteiger charge is -2.43. The zero-order valence-corrected chi connectivity index (χ0v) is 23.9. The molecular formula is C35H38FN3O. The molecule has 4 aromatic rings. The molecule has 4 rings (SSSR count). The fourth-order valence-corrected chi connectivity index (χ4v) is 5.10. The second-order valence-electron chi connectivity index (χ2n) is 10.8. The van der Waals surface area contributed by atoms with Crippen LogP contribution in [0.3, 0.4) is 0 Å². The Balaban J connectivity index is 1.61. The van der Waals surface area contributed by atoms with E-state index in [1.54, 1.807) is 6.07 Å². The summed E-state index contributed by atoms with van der Waals surface area (Å²) < 4.78 is 20.1. The monoisotopic (exact) mass is 535 g/mol. The molecule has 206 valence electrons. The van der Waals surface area contributed by atoms with Gasteiger partial charge in [0.2, 0.25) is 0 Å². The van der Waals surface area contributed by atoms with E-state index in [2.05, 4.69) is 48.9 Å². The highest BCUT2D eigenvalue weighted by Crippen LogP contribution is 2.30. The zero-order valence-electron chi connectivity index (χ0n) is 23.9. The molecule has 1 unspecified atom stereocenters. The lowest BCUT2D eigenvalue weighted by atomic mass is 9.92. The largest absolute Gasteiger partial charge is 0.457 e. The van der Waals surface area contributed by atoms with Crippen LogP contribution in [0.5, 0.6) is 11.5 Å². The summed E-state index contributed by atoms with van der Waals surface area (Å²) in [5, 5.41) is 9.17. The molecular weight excluding hydrogens is 497 g/mol. The van der Waals surface area contributed by atoms with E-state index >= 15 is 0 Å². The average molecular weight is 536 g/mol. The van der Waals surface area contributed by atoms with Gasteiger partial charge in [-0.25, -0.2) is 4.39 Å². The number of nitriles is 1. The number of rotatable bonds is 12. The molecule has 5 heteroatoms.